The van der Waals surface area contributed by atoms with E-state index in [1.54, 1.807) is 0 Å². The SMILES string of the molecule is CC(=O)N1C(=O)C(F)(F)c2cc(Cl)ccc21. The number of hydrogen-bond donors (Lipinski definition) is 0. The van der Waals surface area contributed by atoms with Crippen molar-refractivity contribution in [3.8, 4) is 0 Å². The van der Waals surface area contributed by atoms with Gasteiger partial charge in [0.05, 0.1) is 11.3 Å². The van der Waals surface area contributed by atoms with Crippen LogP contribution in [0.1, 0.15) is 12.5 Å². The third-order valence-corrected chi connectivity index (χ3v) is 2.56. The van der Waals surface area contributed by atoms with Crippen molar-refractivity contribution < 1.29 is 18.4 Å². The molecule has 84 valence electrons. The van der Waals surface area contributed by atoms with E-state index in [4.69, 9.17) is 11.6 Å². The van der Waals surface area contributed by atoms with E-state index in [1.165, 1.54) is 12.1 Å². The monoisotopic (exact) mass is 245 g/mol. The molecule has 2 rings (SSSR count). The quantitative estimate of drug-likeness (QED) is 0.703. The number of benzene rings is 1. The Hall–Kier alpha value is -1.49. The molecule has 0 atom stereocenters. The van der Waals surface area contributed by atoms with Gasteiger partial charge in [-0.1, -0.05) is 11.6 Å². The Balaban J connectivity index is 2.69. The van der Waals surface area contributed by atoms with Crippen LogP contribution >= 0.6 is 11.6 Å². The molecule has 2 amide bonds. The third kappa shape index (κ3) is 1.31. The fraction of sp³-hybridized carbons (Fsp3) is 0.200. The van der Waals surface area contributed by atoms with Crippen LogP contribution in [0, 0.1) is 0 Å². The minimum absolute atomic E-state index is 0.0941. The maximum atomic E-state index is 13.5. The van der Waals surface area contributed by atoms with Crippen molar-refractivity contribution in [1.29, 1.82) is 0 Å². The largest absolute Gasteiger partial charge is 0.352 e. The predicted molar refractivity (Wildman–Crippen MR) is 53.5 cm³/mol. The lowest BCUT2D eigenvalue weighted by atomic mass is 10.1. The number of amides is 2. The Morgan fingerprint density at radius 3 is 2.62 bits per heavy atom. The average molecular weight is 246 g/mol. The molecule has 1 aliphatic heterocycles. The van der Waals surface area contributed by atoms with E-state index in [-0.39, 0.29) is 10.7 Å². The summed E-state index contributed by atoms with van der Waals surface area (Å²) >= 11 is 5.58. The summed E-state index contributed by atoms with van der Waals surface area (Å²) in [6.07, 6.45) is 0. The third-order valence-electron chi connectivity index (χ3n) is 2.32. The van der Waals surface area contributed by atoms with Crippen LogP contribution < -0.4 is 4.90 Å². The Labute approximate surface area is 94.6 Å². The number of halogens is 3. The summed E-state index contributed by atoms with van der Waals surface area (Å²) in [5.74, 6) is -5.96. The van der Waals surface area contributed by atoms with Gasteiger partial charge in [-0.2, -0.15) is 8.78 Å². The highest BCUT2D eigenvalue weighted by Crippen LogP contribution is 2.45. The van der Waals surface area contributed by atoms with Gasteiger partial charge in [0, 0.05) is 11.9 Å². The molecule has 0 aliphatic carbocycles. The molecule has 1 aromatic rings. The molecule has 0 saturated heterocycles. The number of nitrogens with zero attached hydrogens (tertiary/aromatic N) is 1. The zero-order chi connectivity index (χ0) is 12.1. The summed E-state index contributed by atoms with van der Waals surface area (Å²) in [5.41, 5.74) is -0.632. The minimum atomic E-state index is -3.69. The molecule has 1 aromatic carbocycles. The summed E-state index contributed by atoms with van der Waals surface area (Å²) < 4.78 is 27.0. The minimum Gasteiger partial charge on any atom is -0.274 e. The first-order chi connectivity index (χ1) is 7.35. The number of alkyl halides is 2. The number of hydrogen-bond acceptors (Lipinski definition) is 2. The summed E-state index contributed by atoms with van der Waals surface area (Å²) in [6, 6.07) is 3.58. The van der Waals surface area contributed by atoms with Crippen LogP contribution in [-0.4, -0.2) is 11.8 Å². The Morgan fingerprint density at radius 2 is 2.06 bits per heavy atom. The Kier molecular flexibility index (Phi) is 2.24. The molecule has 16 heavy (non-hydrogen) atoms. The normalized spacial score (nSPS) is 17.5. The topological polar surface area (TPSA) is 37.4 Å². The molecule has 1 aliphatic rings. The molecule has 1 heterocycles. The van der Waals surface area contributed by atoms with Crippen LogP contribution in [0.2, 0.25) is 5.02 Å². The van der Waals surface area contributed by atoms with Gasteiger partial charge in [0.15, 0.2) is 0 Å². The highest BCUT2D eigenvalue weighted by Gasteiger charge is 2.54. The van der Waals surface area contributed by atoms with Crippen molar-refractivity contribution in [3.63, 3.8) is 0 Å². The smallest absolute Gasteiger partial charge is 0.274 e. The molecular weight excluding hydrogens is 240 g/mol. The van der Waals surface area contributed by atoms with E-state index in [9.17, 15) is 18.4 Å². The van der Waals surface area contributed by atoms with Crippen molar-refractivity contribution >= 4 is 29.1 Å². The number of rotatable bonds is 0. The molecule has 0 unspecified atom stereocenters. The lowest BCUT2D eigenvalue weighted by Gasteiger charge is -2.12. The summed E-state index contributed by atoms with van der Waals surface area (Å²) in [4.78, 5) is 22.9. The van der Waals surface area contributed by atoms with E-state index in [1.807, 2.05) is 0 Å². The molecule has 0 saturated carbocycles. The number of imide groups is 1. The number of fused-ring (bicyclic) bond motifs is 1. The van der Waals surface area contributed by atoms with Crippen LogP contribution in [0.5, 0.6) is 0 Å². The van der Waals surface area contributed by atoms with Gasteiger partial charge in [-0.25, -0.2) is 4.90 Å². The van der Waals surface area contributed by atoms with Crippen LogP contribution in [0.25, 0.3) is 0 Å². The summed E-state index contributed by atoms with van der Waals surface area (Å²) in [6.45, 7) is 1.05. The highest BCUT2D eigenvalue weighted by atomic mass is 35.5. The first-order valence-electron chi connectivity index (χ1n) is 4.38. The fourth-order valence-corrected chi connectivity index (χ4v) is 1.80. The van der Waals surface area contributed by atoms with Crippen molar-refractivity contribution in [3.05, 3.63) is 28.8 Å². The van der Waals surface area contributed by atoms with Crippen molar-refractivity contribution in [2.45, 2.75) is 12.8 Å². The molecule has 0 aromatic heterocycles. The van der Waals surface area contributed by atoms with Gasteiger partial charge in [0.25, 0.3) is 0 Å². The fourth-order valence-electron chi connectivity index (χ4n) is 1.63. The van der Waals surface area contributed by atoms with E-state index in [0.717, 1.165) is 13.0 Å². The second-order valence-electron chi connectivity index (χ2n) is 3.40. The molecule has 0 N–H and O–H groups in total. The van der Waals surface area contributed by atoms with Crippen LogP contribution in [0.4, 0.5) is 14.5 Å². The standard InChI is InChI=1S/C10H6ClF2NO2/c1-5(15)14-8-3-2-6(11)4-7(8)10(12,13)9(14)16/h2-4H,1H3. The van der Waals surface area contributed by atoms with Crippen molar-refractivity contribution in [2.75, 3.05) is 4.90 Å². The number of carbonyl (C=O) groups excluding carboxylic acids is 2. The molecule has 3 nitrogen and oxygen atoms in total. The van der Waals surface area contributed by atoms with Crippen molar-refractivity contribution in [1.82, 2.24) is 0 Å². The van der Waals surface area contributed by atoms with Gasteiger partial charge in [0.2, 0.25) is 5.91 Å². The lowest BCUT2D eigenvalue weighted by Crippen LogP contribution is -2.37. The second-order valence-corrected chi connectivity index (χ2v) is 3.83. The van der Waals surface area contributed by atoms with Gasteiger partial charge in [-0.15, -0.1) is 0 Å². The van der Waals surface area contributed by atoms with Gasteiger partial charge in [-0.05, 0) is 18.2 Å². The predicted octanol–water partition coefficient (Wildman–Crippen LogP) is 2.32. The summed E-state index contributed by atoms with van der Waals surface area (Å²) in [7, 11) is 0. The first kappa shape index (κ1) is 11.0. The Bertz CT molecular complexity index is 502. The molecule has 0 radical (unpaired) electrons. The lowest BCUT2D eigenvalue weighted by molar-refractivity contribution is -0.143. The molecular formula is C10H6ClF2NO2. The van der Waals surface area contributed by atoms with Crippen LogP contribution in [0.3, 0.4) is 0 Å². The van der Waals surface area contributed by atoms with E-state index >= 15 is 0 Å². The molecule has 6 heteroatoms. The first-order valence-corrected chi connectivity index (χ1v) is 4.76. The van der Waals surface area contributed by atoms with E-state index in [0.29, 0.717) is 4.90 Å². The van der Waals surface area contributed by atoms with Crippen molar-refractivity contribution in [2.24, 2.45) is 0 Å². The van der Waals surface area contributed by atoms with E-state index in [2.05, 4.69) is 0 Å². The van der Waals surface area contributed by atoms with Gasteiger partial charge < -0.3 is 0 Å². The van der Waals surface area contributed by atoms with E-state index < -0.39 is 23.3 Å². The van der Waals surface area contributed by atoms with Crippen LogP contribution in [-0.2, 0) is 15.5 Å². The molecule has 0 fully saturated rings. The maximum Gasteiger partial charge on any atom is 0.352 e. The Morgan fingerprint density at radius 1 is 1.44 bits per heavy atom. The highest BCUT2D eigenvalue weighted by molar-refractivity contribution is 6.31. The zero-order valence-electron chi connectivity index (χ0n) is 8.13. The number of anilines is 1. The number of carbonyl (C=O) groups is 2. The average Bonchev–Trinajstić information content (AvgIpc) is 2.37. The van der Waals surface area contributed by atoms with Gasteiger partial charge in [0.1, 0.15) is 0 Å². The van der Waals surface area contributed by atoms with Crippen LogP contribution in [0.15, 0.2) is 18.2 Å². The maximum absolute atomic E-state index is 13.5. The molecule has 0 spiro atoms. The second kappa shape index (κ2) is 3.25. The zero-order valence-corrected chi connectivity index (χ0v) is 8.89. The summed E-state index contributed by atoms with van der Waals surface area (Å²) in [5, 5.41) is 0.0941. The van der Waals surface area contributed by atoms with Gasteiger partial charge >= 0.3 is 11.8 Å². The van der Waals surface area contributed by atoms with Gasteiger partial charge in [-0.3, -0.25) is 9.59 Å². The molecule has 0 bridgehead atoms.